The molecule has 0 saturated carbocycles. The molecule has 0 radical (unpaired) electrons. The van der Waals surface area contributed by atoms with Gasteiger partial charge in [-0.15, -0.1) is 23.1 Å². The molecule has 2 rings (SSSR count). The van der Waals surface area contributed by atoms with E-state index in [0.717, 1.165) is 14.0 Å². The fraction of sp³-hybridized carbons (Fsp3) is 0.444. The Labute approximate surface area is 150 Å². The van der Waals surface area contributed by atoms with E-state index >= 15 is 0 Å². The molecular weight excluding hydrogens is 342 g/mol. The van der Waals surface area contributed by atoms with Crippen molar-refractivity contribution in [2.45, 2.75) is 65.8 Å². The average Bonchev–Trinajstić information content (AvgIpc) is 2.93. The third-order valence-electron chi connectivity index (χ3n) is 3.35. The average molecular weight is 368 g/mol. The molecule has 1 unspecified atom stereocenters. The smallest absolute Gasteiger partial charge is 0.0963 e. The molecule has 23 heavy (non-hydrogen) atoms. The molecule has 0 spiro atoms. The van der Waals surface area contributed by atoms with Crippen LogP contribution >= 0.6 is 23.1 Å². The lowest BCUT2D eigenvalue weighted by Gasteiger charge is -2.21. The molecule has 0 saturated heterocycles. The van der Waals surface area contributed by atoms with Crippen LogP contribution in [0.15, 0.2) is 44.3 Å². The molecule has 5 heteroatoms. The van der Waals surface area contributed by atoms with Crippen LogP contribution in [0.4, 0.5) is 0 Å². The minimum atomic E-state index is -1.15. The molecule has 0 aliphatic carbocycles. The summed E-state index contributed by atoms with van der Waals surface area (Å²) in [6.45, 7) is 11.4. The van der Waals surface area contributed by atoms with Crippen LogP contribution in [0.3, 0.4) is 0 Å². The number of hydrogen-bond donors (Lipinski definition) is 1. The van der Waals surface area contributed by atoms with E-state index in [2.05, 4.69) is 52.8 Å². The maximum atomic E-state index is 13.0. The van der Waals surface area contributed by atoms with E-state index in [1.54, 1.807) is 0 Å². The van der Waals surface area contributed by atoms with E-state index in [4.69, 9.17) is 5.73 Å². The Morgan fingerprint density at radius 3 is 2.43 bits per heavy atom. The summed E-state index contributed by atoms with van der Waals surface area (Å²) >= 11 is 3.35. The van der Waals surface area contributed by atoms with Crippen molar-refractivity contribution in [3.05, 3.63) is 40.8 Å². The first-order valence-electron chi connectivity index (χ1n) is 7.73. The van der Waals surface area contributed by atoms with Gasteiger partial charge in [0.1, 0.15) is 0 Å². The van der Waals surface area contributed by atoms with Gasteiger partial charge >= 0.3 is 0 Å². The number of thiophene rings is 1. The minimum Gasteiger partial charge on any atom is -0.326 e. The Kier molecular flexibility index (Phi) is 6.11. The van der Waals surface area contributed by atoms with Gasteiger partial charge in [-0.3, -0.25) is 0 Å². The molecule has 0 fully saturated rings. The molecule has 1 heterocycles. The summed E-state index contributed by atoms with van der Waals surface area (Å²) in [5.74, 6) is 0. The van der Waals surface area contributed by atoms with Gasteiger partial charge < -0.3 is 5.73 Å². The van der Waals surface area contributed by atoms with Crippen LogP contribution in [0.25, 0.3) is 0 Å². The molecule has 2 nitrogen and oxygen atoms in total. The van der Waals surface area contributed by atoms with Crippen LogP contribution in [0, 0.1) is 0 Å². The Morgan fingerprint density at radius 1 is 1.22 bits per heavy atom. The second-order valence-electron chi connectivity index (χ2n) is 6.80. The molecular formula is C18H25NOS3. The van der Waals surface area contributed by atoms with Gasteiger partial charge in [0, 0.05) is 26.5 Å². The Hall–Kier alpha value is -0.620. The van der Waals surface area contributed by atoms with Crippen molar-refractivity contribution in [1.82, 2.24) is 0 Å². The molecule has 2 aromatic rings. The van der Waals surface area contributed by atoms with Crippen molar-refractivity contribution in [1.29, 1.82) is 0 Å². The minimum absolute atomic E-state index is 0.0321. The molecule has 1 atom stereocenters. The van der Waals surface area contributed by atoms with Gasteiger partial charge in [0.05, 0.1) is 15.0 Å². The highest BCUT2D eigenvalue weighted by Crippen LogP contribution is 2.34. The first-order valence-corrected chi connectivity index (χ1v) is 10.6. The quantitative estimate of drug-likeness (QED) is 0.741. The fourth-order valence-electron chi connectivity index (χ4n) is 2.14. The number of rotatable bonds is 5. The summed E-state index contributed by atoms with van der Waals surface area (Å²) in [4.78, 5) is 3.13. The standard InChI is InChI=1S/C18H25NOS3/c1-12(2)21-15-8-13(18(3,4)5)9-16(10-15)23(20)17-7-6-14(11-19)22-17/h6-10,12H,11,19H2,1-5H3. The third kappa shape index (κ3) is 4.92. The predicted octanol–water partition coefficient (Wildman–Crippen LogP) is 5.17. The SMILES string of the molecule is CC(C)Sc1cc(S(=O)c2ccc(CN)s2)cc(C(C)(C)C)c1. The summed E-state index contributed by atoms with van der Waals surface area (Å²) in [6.07, 6.45) is 0. The predicted molar refractivity (Wildman–Crippen MR) is 103 cm³/mol. The zero-order valence-corrected chi connectivity index (χ0v) is 16.8. The van der Waals surface area contributed by atoms with Crippen LogP contribution in [0.5, 0.6) is 0 Å². The number of nitrogens with two attached hydrogens (primary N) is 1. The van der Waals surface area contributed by atoms with E-state index in [0.29, 0.717) is 11.8 Å². The van der Waals surface area contributed by atoms with Crippen LogP contribution in [-0.4, -0.2) is 9.46 Å². The zero-order valence-electron chi connectivity index (χ0n) is 14.4. The third-order valence-corrected chi connectivity index (χ3v) is 7.10. The highest BCUT2D eigenvalue weighted by molar-refractivity contribution is 8.00. The van der Waals surface area contributed by atoms with Crippen LogP contribution in [0.1, 0.15) is 45.1 Å². The van der Waals surface area contributed by atoms with Crippen molar-refractivity contribution in [3.63, 3.8) is 0 Å². The normalized spacial score (nSPS) is 13.5. The van der Waals surface area contributed by atoms with Gasteiger partial charge in [0.2, 0.25) is 0 Å². The first-order chi connectivity index (χ1) is 10.7. The van der Waals surface area contributed by atoms with Crippen molar-refractivity contribution < 1.29 is 4.21 Å². The maximum absolute atomic E-state index is 13.0. The summed E-state index contributed by atoms with van der Waals surface area (Å²) in [6, 6.07) is 10.3. The zero-order chi connectivity index (χ0) is 17.2. The van der Waals surface area contributed by atoms with Crippen molar-refractivity contribution >= 4 is 33.9 Å². The summed E-state index contributed by atoms with van der Waals surface area (Å²) < 4.78 is 13.8. The Balaban J connectivity index is 2.45. The highest BCUT2D eigenvalue weighted by Gasteiger charge is 2.19. The number of thioether (sulfide) groups is 1. The van der Waals surface area contributed by atoms with Gasteiger partial charge in [0.25, 0.3) is 0 Å². The maximum Gasteiger partial charge on any atom is 0.0963 e. The molecule has 126 valence electrons. The van der Waals surface area contributed by atoms with Crippen LogP contribution < -0.4 is 5.73 Å². The lowest BCUT2D eigenvalue weighted by molar-refractivity contribution is 0.586. The second-order valence-corrected chi connectivity index (χ2v) is 11.3. The van der Waals surface area contributed by atoms with E-state index < -0.39 is 10.8 Å². The molecule has 1 aromatic heterocycles. The molecule has 0 aliphatic heterocycles. The van der Waals surface area contributed by atoms with E-state index in [-0.39, 0.29) is 5.41 Å². The topological polar surface area (TPSA) is 43.1 Å². The Morgan fingerprint density at radius 2 is 1.91 bits per heavy atom. The van der Waals surface area contributed by atoms with Gasteiger partial charge in [-0.2, -0.15) is 0 Å². The summed E-state index contributed by atoms with van der Waals surface area (Å²) in [5, 5.41) is 0.497. The molecule has 0 amide bonds. The largest absolute Gasteiger partial charge is 0.326 e. The van der Waals surface area contributed by atoms with E-state index in [9.17, 15) is 4.21 Å². The monoisotopic (exact) mass is 367 g/mol. The Bertz CT molecular complexity index is 699. The molecule has 1 aromatic carbocycles. The van der Waals surface area contributed by atoms with Crippen molar-refractivity contribution in [2.75, 3.05) is 0 Å². The lowest BCUT2D eigenvalue weighted by atomic mass is 9.87. The molecule has 0 bridgehead atoms. The molecule has 0 aliphatic rings. The summed E-state index contributed by atoms with van der Waals surface area (Å²) in [7, 11) is -1.15. The van der Waals surface area contributed by atoms with Crippen LogP contribution in [0.2, 0.25) is 0 Å². The highest BCUT2D eigenvalue weighted by atomic mass is 32.2. The van der Waals surface area contributed by atoms with E-state index in [1.165, 1.54) is 21.8 Å². The second kappa shape index (κ2) is 7.51. The lowest BCUT2D eigenvalue weighted by Crippen LogP contribution is -2.12. The fourth-order valence-corrected chi connectivity index (χ4v) is 5.56. The van der Waals surface area contributed by atoms with Crippen LogP contribution in [-0.2, 0) is 22.8 Å². The van der Waals surface area contributed by atoms with Gasteiger partial charge in [0.15, 0.2) is 0 Å². The first kappa shape index (κ1) is 18.7. The number of benzene rings is 1. The van der Waals surface area contributed by atoms with Crippen molar-refractivity contribution in [2.24, 2.45) is 5.73 Å². The van der Waals surface area contributed by atoms with Gasteiger partial charge in [-0.25, -0.2) is 4.21 Å². The molecule has 2 N–H and O–H groups in total. The number of hydrogen-bond acceptors (Lipinski definition) is 4. The van der Waals surface area contributed by atoms with Gasteiger partial charge in [-0.1, -0.05) is 34.6 Å². The summed E-state index contributed by atoms with van der Waals surface area (Å²) in [5.41, 5.74) is 6.93. The van der Waals surface area contributed by atoms with Crippen molar-refractivity contribution in [3.8, 4) is 0 Å². The van der Waals surface area contributed by atoms with E-state index in [1.807, 2.05) is 23.9 Å². The van der Waals surface area contributed by atoms with Gasteiger partial charge in [-0.05, 0) is 41.3 Å².